The van der Waals surface area contributed by atoms with Crippen LogP contribution in [0.15, 0.2) is 0 Å². The van der Waals surface area contributed by atoms with Crippen LogP contribution >= 0.6 is 0 Å². The van der Waals surface area contributed by atoms with Crippen LogP contribution in [0.25, 0.3) is 0 Å². The minimum absolute atomic E-state index is 0.117. The fraction of sp³-hybridized carbons (Fsp3) is 0.750. The number of rotatable bonds is 5. The molecule has 0 aromatic heterocycles. The number of carboxylic acid groups (broad SMARTS) is 2. The van der Waals surface area contributed by atoms with Crippen molar-refractivity contribution in [1.82, 2.24) is 9.80 Å². The van der Waals surface area contributed by atoms with Gasteiger partial charge in [0.15, 0.2) is 0 Å². The molecule has 0 bridgehead atoms. The maximum atomic E-state index is 12.1. The van der Waals surface area contributed by atoms with Crippen molar-refractivity contribution in [3.05, 3.63) is 0 Å². The molecule has 1 unspecified atom stereocenters. The van der Waals surface area contributed by atoms with Crippen molar-refractivity contribution in [2.45, 2.75) is 25.9 Å². The molecule has 1 fully saturated rings. The highest BCUT2D eigenvalue weighted by Crippen LogP contribution is 2.21. The monoisotopic (exact) mass is 288 g/mol. The predicted molar refractivity (Wildman–Crippen MR) is 68.2 cm³/mol. The van der Waals surface area contributed by atoms with Crippen molar-refractivity contribution in [2.75, 3.05) is 26.2 Å². The van der Waals surface area contributed by atoms with Crippen LogP contribution in [0.1, 0.15) is 19.8 Å². The van der Waals surface area contributed by atoms with E-state index in [0.717, 1.165) is 4.90 Å². The van der Waals surface area contributed by atoms with Crippen molar-refractivity contribution in [1.29, 1.82) is 0 Å². The maximum Gasteiger partial charge on any atom is 0.323 e. The van der Waals surface area contributed by atoms with Crippen molar-refractivity contribution in [2.24, 2.45) is 5.92 Å². The number of hydrogen-bond acceptors (Lipinski definition) is 4. The van der Waals surface area contributed by atoms with Crippen LogP contribution in [-0.4, -0.2) is 75.4 Å². The first-order valence-electron chi connectivity index (χ1n) is 6.46. The largest absolute Gasteiger partial charge is 0.480 e. The molecule has 0 aromatic rings. The Hall–Kier alpha value is -1.83. The third kappa shape index (κ3) is 4.69. The lowest BCUT2D eigenvalue weighted by Crippen LogP contribution is -2.50. The number of likely N-dealkylation sites (tertiary alicyclic amines) is 1. The number of hydrogen-bond donors (Lipinski definition) is 3. The average Bonchev–Trinajstić information content (AvgIpc) is 2.36. The van der Waals surface area contributed by atoms with E-state index >= 15 is 0 Å². The Balaban J connectivity index is 2.61. The summed E-state index contributed by atoms with van der Waals surface area (Å²) >= 11 is 0. The van der Waals surface area contributed by atoms with E-state index in [0.29, 0.717) is 25.9 Å². The molecule has 1 atom stereocenters. The summed E-state index contributed by atoms with van der Waals surface area (Å²) < 4.78 is 0. The van der Waals surface area contributed by atoms with E-state index in [9.17, 15) is 19.5 Å². The van der Waals surface area contributed by atoms with Crippen molar-refractivity contribution >= 4 is 18.0 Å². The van der Waals surface area contributed by atoms with Gasteiger partial charge in [-0.25, -0.2) is 4.79 Å². The van der Waals surface area contributed by atoms with Gasteiger partial charge in [-0.3, -0.25) is 9.59 Å². The number of piperidine rings is 1. The number of nitrogens with zero attached hydrogens (tertiary/aromatic N) is 2. The highest BCUT2D eigenvalue weighted by Gasteiger charge is 2.29. The van der Waals surface area contributed by atoms with Gasteiger partial charge in [-0.05, 0) is 25.7 Å². The van der Waals surface area contributed by atoms with Gasteiger partial charge in [0.25, 0.3) is 0 Å². The molecule has 2 amide bonds. The average molecular weight is 288 g/mol. The van der Waals surface area contributed by atoms with E-state index < -0.39 is 37.2 Å². The molecule has 8 heteroatoms. The standard InChI is InChI=1S/C12H20N2O6/c1-8(15)9-2-4-13(5-3-9)12(20)14(6-10(16)17)7-11(18)19/h8-9,15H,2-7H2,1H3,(H,16,17)(H,18,19). The number of aliphatic hydroxyl groups is 1. The van der Waals surface area contributed by atoms with Gasteiger partial charge in [0.2, 0.25) is 0 Å². The molecule has 0 aliphatic carbocycles. The third-order valence-corrected chi connectivity index (χ3v) is 3.42. The van der Waals surface area contributed by atoms with Crippen LogP contribution in [0.5, 0.6) is 0 Å². The Bertz CT molecular complexity index is 360. The molecular weight excluding hydrogens is 268 g/mol. The van der Waals surface area contributed by atoms with Crippen molar-refractivity contribution in [3.8, 4) is 0 Å². The summed E-state index contributed by atoms with van der Waals surface area (Å²) in [5, 5.41) is 26.9. The molecule has 0 spiro atoms. The first-order valence-corrected chi connectivity index (χ1v) is 6.46. The molecule has 1 aliphatic heterocycles. The first kappa shape index (κ1) is 16.2. The number of aliphatic hydroxyl groups excluding tert-OH is 1. The van der Waals surface area contributed by atoms with E-state index in [2.05, 4.69) is 0 Å². The second kappa shape index (κ2) is 7.09. The highest BCUT2D eigenvalue weighted by molar-refractivity contribution is 5.84. The molecule has 3 N–H and O–H groups in total. The van der Waals surface area contributed by atoms with Gasteiger partial charge in [-0.2, -0.15) is 0 Å². The van der Waals surface area contributed by atoms with Gasteiger partial charge in [-0.1, -0.05) is 0 Å². The Morgan fingerprint density at radius 2 is 1.60 bits per heavy atom. The number of amides is 2. The Morgan fingerprint density at radius 1 is 1.15 bits per heavy atom. The lowest BCUT2D eigenvalue weighted by molar-refractivity contribution is -0.140. The maximum absolute atomic E-state index is 12.1. The molecule has 20 heavy (non-hydrogen) atoms. The normalized spacial score (nSPS) is 17.6. The molecule has 114 valence electrons. The highest BCUT2D eigenvalue weighted by atomic mass is 16.4. The van der Waals surface area contributed by atoms with Gasteiger partial charge < -0.3 is 25.1 Å². The first-order chi connectivity index (χ1) is 9.31. The summed E-state index contributed by atoms with van der Waals surface area (Å²) in [6, 6.07) is -0.584. The van der Waals surface area contributed by atoms with Crippen LogP contribution in [-0.2, 0) is 9.59 Å². The summed E-state index contributed by atoms with van der Waals surface area (Å²) in [7, 11) is 0. The number of carbonyl (C=O) groups is 3. The molecular formula is C12H20N2O6. The number of urea groups is 1. The fourth-order valence-corrected chi connectivity index (χ4v) is 2.29. The second-order valence-electron chi connectivity index (χ2n) is 4.99. The van der Waals surface area contributed by atoms with Crippen LogP contribution in [0, 0.1) is 5.92 Å². The molecule has 8 nitrogen and oxygen atoms in total. The SMILES string of the molecule is CC(O)C1CCN(C(=O)N(CC(=O)O)CC(=O)O)CC1. The molecule has 0 radical (unpaired) electrons. The number of aliphatic carboxylic acids is 2. The van der Waals surface area contributed by atoms with Crippen molar-refractivity contribution in [3.63, 3.8) is 0 Å². The predicted octanol–water partition coefficient (Wildman–Crippen LogP) is -0.330. The van der Waals surface area contributed by atoms with Gasteiger partial charge in [0.05, 0.1) is 6.10 Å². The van der Waals surface area contributed by atoms with Gasteiger partial charge in [-0.15, -0.1) is 0 Å². The van der Waals surface area contributed by atoms with Crippen LogP contribution in [0.4, 0.5) is 4.79 Å². The molecule has 1 heterocycles. The quantitative estimate of drug-likeness (QED) is 0.637. The number of carbonyl (C=O) groups excluding carboxylic acids is 1. The summed E-state index contributed by atoms with van der Waals surface area (Å²) in [4.78, 5) is 35.7. The lowest BCUT2D eigenvalue weighted by atomic mass is 9.92. The summed E-state index contributed by atoms with van der Waals surface area (Å²) in [6.07, 6.45) is 0.802. The number of carboxylic acids is 2. The van der Waals surface area contributed by atoms with E-state index in [1.54, 1.807) is 6.92 Å². The second-order valence-corrected chi connectivity index (χ2v) is 4.99. The Morgan fingerprint density at radius 3 is 1.95 bits per heavy atom. The summed E-state index contributed by atoms with van der Waals surface area (Å²) in [6.45, 7) is 1.21. The molecule has 1 aliphatic rings. The molecule has 1 rings (SSSR count). The Labute approximate surface area is 116 Å². The topological polar surface area (TPSA) is 118 Å². The van der Waals surface area contributed by atoms with E-state index in [-0.39, 0.29) is 5.92 Å². The zero-order chi connectivity index (χ0) is 15.3. The summed E-state index contributed by atoms with van der Waals surface area (Å²) in [5.41, 5.74) is 0. The minimum Gasteiger partial charge on any atom is -0.480 e. The van der Waals surface area contributed by atoms with Crippen LogP contribution in [0.3, 0.4) is 0 Å². The lowest BCUT2D eigenvalue weighted by Gasteiger charge is -2.35. The molecule has 0 aromatic carbocycles. The van der Waals surface area contributed by atoms with E-state index in [4.69, 9.17) is 10.2 Å². The van der Waals surface area contributed by atoms with Gasteiger partial charge in [0.1, 0.15) is 13.1 Å². The van der Waals surface area contributed by atoms with Gasteiger partial charge >= 0.3 is 18.0 Å². The van der Waals surface area contributed by atoms with Crippen LogP contribution in [0.2, 0.25) is 0 Å². The summed E-state index contributed by atoms with van der Waals surface area (Å²) in [5.74, 6) is -2.39. The zero-order valence-electron chi connectivity index (χ0n) is 11.4. The molecule has 1 saturated heterocycles. The zero-order valence-corrected chi connectivity index (χ0v) is 11.4. The fourth-order valence-electron chi connectivity index (χ4n) is 2.29. The van der Waals surface area contributed by atoms with Crippen LogP contribution < -0.4 is 0 Å². The molecule has 0 saturated carbocycles. The minimum atomic E-state index is -1.25. The Kier molecular flexibility index (Phi) is 5.75. The van der Waals surface area contributed by atoms with E-state index in [1.165, 1.54) is 4.90 Å². The van der Waals surface area contributed by atoms with E-state index in [1.807, 2.05) is 0 Å². The van der Waals surface area contributed by atoms with Crippen molar-refractivity contribution < 1.29 is 29.7 Å². The smallest absolute Gasteiger partial charge is 0.323 e. The van der Waals surface area contributed by atoms with Gasteiger partial charge in [0, 0.05) is 13.1 Å². The third-order valence-electron chi connectivity index (χ3n) is 3.42.